The normalized spacial score (nSPS) is 21.5. The van der Waals surface area contributed by atoms with Crippen molar-refractivity contribution in [3.63, 3.8) is 0 Å². The van der Waals surface area contributed by atoms with Gasteiger partial charge in [0.05, 0.1) is 12.1 Å². The number of aromatic nitrogens is 2. The summed E-state index contributed by atoms with van der Waals surface area (Å²) in [4.78, 5) is 4.55. The standard InChI is InChI=1S/C15H27N3O/c1-3-8-16-14(12-13-7-5-6-11-19-13)15-17-9-10-18(15)4-2/h9-10,13-14,16H,3-8,11-12H2,1-2H3. The zero-order valence-electron chi connectivity index (χ0n) is 12.3. The third kappa shape index (κ3) is 4.05. The van der Waals surface area contributed by atoms with Gasteiger partial charge in [0.25, 0.3) is 0 Å². The molecule has 2 unspecified atom stereocenters. The average molecular weight is 265 g/mol. The van der Waals surface area contributed by atoms with Gasteiger partial charge < -0.3 is 14.6 Å². The molecule has 0 aliphatic carbocycles. The number of rotatable bonds is 7. The van der Waals surface area contributed by atoms with E-state index in [1.807, 2.05) is 6.20 Å². The van der Waals surface area contributed by atoms with Crippen molar-refractivity contribution in [1.29, 1.82) is 0 Å². The van der Waals surface area contributed by atoms with E-state index in [-0.39, 0.29) is 0 Å². The van der Waals surface area contributed by atoms with Gasteiger partial charge in [-0.3, -0.25) is 0 Å². The third-order valence-electron chi connectivity index (χ3n) is 3.81. The lowest BCUT2D eigenvalue weighted by atomic mass is 10.0. The zero-order valence-corrected chi connectivity index (χ0v) is 12.3. The van der Waals surface area contributed by atoms with Crippen LogP contribution >= 0.6 is 0 Å². The van der Waals surface area contributed by atoms with E-state index in [1.165, 1.54) is 19.3 Å². The van der Waals surface area contributed by atoms with Crippen LogP contribution in [-0.2, 0) is 11.3 Å². The third-order valence-corrected chi connectivity index (χ3v) is 3.81. The molecule has 0 spiro atoms. The summed E-state index contributed by atoms with van der Waals surface area (Å²) in [6, 6.07) is 0.318. The molecule has 0 saturated carbocycles. The maximum Gasteiger partial charge on any atom is 0.125 e. The van der Waals surface area contributed by atoms with Gasteiger partial charge in [-0.2, -0.15) is 0 Å². The largest absolute Gasteiger partial charge is 0.378 e. The molecule has 4 nitrogen and oxygen atoms in total. The number of hydrogen-bond acceptors (Lipinski definition) is 3. The Bertz CT molecular complexity index is 358. The van der Waals surface area contributed by atoms with Crippen LogP contribution < -0.4 is 5.32 Å². The van der Waals surface area contributed by atoms with Crippen molar-refractivity contribution in [2.75, 3.05) is 13.2 Å². The van der Waals surface area contributed by atoms with Crippen molar-refractivity contribution in [3.05, 3.63) is 18.2 Å². The number of nitrogens with one attached hydrogen (secondary N) is 1. The quantitative estimate of drug-likeness (QED) is 0.824. The molecule has 1 aromatic rings. The molecule has 2 atom stereocenters. The van der Waals surface area contributed by atoms with Crippen LogP contribution in [-0.4, -0.2) is 28.8 Å². The second kappa shape index (κ2) is 7.65. The summed E-state index contributed by atoms with van der Waals surface area (Å²) in [7, 11) is 0. The lowest BCUT2D eigenvalue weighted by Gasteiger charge is -2.27. The summed E-state index contributed by atoms with van der Waals surface area (Å²) >= 11 is 0. The van der Waals surface area contributed by atoms with Gasteiger partial charge in [-0.15, -0.1) is 0 Å². The Morgan fingerprint density at radius 2 is 2.37 bits per heavy atom. The topological polar surface area (TPSA) is 39.1 Å². The molecule has 0 aromatic carbocycles. The molecule has 1 aliphatic heterocycles. The zero-order chi connectivity index (χ0) is 13.5. The molecule has 1 aliphatic rings. The van der Waals surface area contributed by atoms with Crippen molar-refractivity contribution in [2.24, 2.45) is 0 Å². The molecular weight excluding hydrogens is 238 g/mol. The van der Waals surface area contributed by atoms with E-state index >= 15 is 0 Å². The summed E-state index contributed by atoms with van der Waals surface area (Å²) in [6.45, 7) is 7.30. The Labute approximate surface area is 116 Å². The van der Waals surface area contributed by atoms with E-state index in [9.17, 15) is 0 Å². The van der Waals surface area contributed by atoms with Gasteiger partial charge in [-0.25, -0.2) is 4.98 Å². The van der Waals surface area contributed by atoms with Crippen LogP contribution in [0, 0.1) is 0 Å². The molecule has 4 heteroatoms. The van der Waals surface area contributed by atoms with Crippen molar-refractivity contribution < 1.29 is 4.74 Å². The van der Waals surface area contributed by atoms with Crippen LogP contribution in [0.1, 0.15) is 57.8 Å². The van der Waals surface area contributed by atoms with E-state index in [0.29, 0.717) is 12.1 Å². The SMILES string of the molecule is CCCNC(CC1CCCCO1)c1nccn1CC. The van der Waals surface area contributed by atoms with Gasteiger partial charge in [0, 0.05) is 25.5 Å². The average Bonchev–Trinajstić information content (AvgIpc) is 2.93. The molecule has 1 aromatic heterocycles. The summed E-state index contributed by atoms with van der Waals surface area (Å²) < 4.78 is 8.12. The minimum absolute atomic E-state index is 0.318. The van der Waals surface area contributed by atoms with E-state index in [2.05, 4.69) is 34.9 Å². The van der Waals surface area contributed by atoms with E-state index in [0.717, 1.165) is 38.4 Å². The summed E-state index contributed by atoms with van der Waals surface area (Å²) in [5.74, 6) is 1.16. The monoisotopic (exact) mass is 265 g/mol. The Morgan fingerprint density at radius 1 is 1.47 bits per heavy atom. The first-order valence-corrected chi connectivity index (χ1v) is 7.71. The highest BCUT2D eigenvalue weighted by Crippen LogP contribution is 2.24. The predicted molar refractivity (Wildman–Crippen MR) is 77.1 cm³/mol. The highest BCUT2D eigenvalue weighted by Gasteiger charge is 2.23. The Balaban J connectivity index is 2.01. The number of imidazole rings is 1. The van der Waals surface area contributed by atoms with Crippen molar-refractivity contribution in [2.45, 2.75) is 64.6 Å². The Kier molecular flexibility index (Phi) is 5.86. The number of aryl methyl sites for hydroxylation is 1. The van der Waals surface area contributed by atoms with Crippen LogP contribution in [0.4, 0.5) is 0 Å². The van der Waals surface area contributed by atoms with Crippen LogP contribution in [0.15, 0.2) is 12.4 Å². The lowest BCUT2D eigenvalue weighted by molar-refractivity contribution is 0.00432. The van der Waals surface area contributed by atoms with Crippen LogP contribution in [0.2, 0.25) is 0 Å². The maximum atomic E-state index is 5.88. The lowest BCUT2D eigenvalue weighted by Crippen LogP contribution is -2.31. The fourth-order valence-corrected chi connectivity index (χ4v) is 2.75. The van der Waals surface area contributed by atoms with Crippen molar-refractivity contribution in [3.8, 4) is 0 Å². The molecule has 1 fully saturated rings. The van der Waals surface area contributed by atoms with Gasteiger partial charge in [-0.05, 0) is 45.6 Å². The number of ether oxygens (including phenoxy) is 1. The maximum absolute atomic E-state index is 5.88. The smallest absolute Gasteiger partial charge is 0.125 e. The van der Waals surface area contributed by atoms with Gasteiger partial charge in [-0.1, -0.05) is 6.92 Å². The van der Waals surface area contributed by atoms with Gasteiger partial charge in [0.15, 0.2) is 0 Å². The van der Waals surface area contributed by atoms with E-state index in [4.69, 9.17) is 4.74 Å². The minimum Gasteiger partial charge on any atom is -0.378 e. The van der Waals surface area contributed by atoms with Crippen LogP contribution in [0.5, 0.6) is 0 Å². The molecule has 0 radical (unpaired) electrons. The van der Waals surface area contributed by atoms with Crippen LogP contribution in [0.25, 0.3) is 0 Å². The van der Waals surface area contributed by atoms with Crippen molar-refractivity contribution in [1.82, 2.24) is 14.9 Å². The second-order valence-corrected chi connectivity index (χ2v) is 5.30. The highest BCUT2D eigenvalue weighted by molar-refractivity contribution is 5.00. The van der Waals surface area contributed by atoms with Gasteiger partial charge >= 0.3 is 0 Å². The summed E-state index contributed by atoms with van der Waals surface area (Å²) in [5.41, 5.74) is 0. The number of nitrogens with zero attached hydrogens (tertiary/aromatic N) is 2. The van der Waals surface area contributed by atoms with Crippen LogP contribution in [0.3, 0.4) is 0 Å². The van der Waals surface area contributed by atoms with E-state index in [1.54, 1.807) is 0 Å². The van der Waals surface area contributed by atoms with Gasteiger partial charge in [0.1, 0.15) is 5.82 Å². The summed E-state index contributed by atoms with van der Waals surface area (Å²) in [5, 5.41) is 3.63. The first kappa shape index (κ1) is 14.5. The molecule has 1 saturated heterocycles. The molecule has 0 amide bonds. The van der Waals surface area contributed by atoms with Crippen molar-refractivity contribution >= 4 is 0 Å². The van der Waals surface area contributed by atoms with E-state index < -0.39 is 0 Å². The fourth-order valence-electron chi connectivity index (χ4n) is 2.75. The second-order valence-electron chi connectivity index (χ2n) is 5.30. The molecule has 19 heavy (non-hydrogen) atoms. The molecule has 2 heterocycles. The molecule has 108 valence electrons. The minimum atomic E-state index is 0.318. The fraction of sp³-hybridized carbons (Fsp3) is 0.800. The Hall–Kier alpha value is -0.870. The first-order valence-electron chi connectivity index (χ1n) is 7.71. The number of hydrogen-bond donors (Lipinski definition) is 1. The molecular formula is C15H27N3O. The highest BCUT2D eigenvalue weighted by atomic mass is 16.5. The molecule has 0 bridgehead atoms. The Morgan fingerprint density at radius 3 is 3.05 bits per heavy atom. The molecule has 2 rings (SSSR count). The summed E-state index contributed by atoms with van der Waals surface area (Å²) in [6.07, 6.45) is 10.3. The molecule has 1 N–H and O–H groups in total. The predicted octanol–water partition coefficient (Wildman–Crippen LogP) is 2.90. The van der Waals surface area contributed by atoms with Gasteiger partial charge in [0.2, 0.25) is 0 Å². The first-order chi connectivity index (χ1) is 9.35.